The molecule has 4 nitrogen and oxygen atoms in total. The zero-order valence-corrected chi connectivity index (χ0v) is 15.5. The first-order chi connectivity index (χ1) is 11.2. The molecule has 0 rings (SSSR count). The van der Waals surface area contributed by atoms with Crippen molar-refractivity contribution in [1.29, 1.82) is 0 Å². The molecule has 0 amide bonds. The summed E-state index contributed by atoms with van der Waals surface area (Å²) in [5, 5.41) is 19.6. The van der Waals surface area contributed by atoms with Crippen LogP contribution in [0.3, 0.4) is 0 Å². The molecule has 0 aromatic carbocycles. The number of aliphatic hydroxyl groups is 2. The second-order valence-electron chi connectivity index (χ2n) is 6.64. The van der Waals surface area contributed by atoms with E-state index in [-0.39, 0.29) is 13.4 Å². The lowest BCUT2D eigenvalue weighted by Gasteiger charge is -2.15. The molecular weight excluding hydrogens is 292 g/mol. The lowest BCUT2D eigenvalue weighted by molar-refractivity contribution is -0.0696. The number of methoxy groups -OCH3 is 1. The predicted octanol–water partition coefficient (Wildman–Crippen LogP) is 4.42. The van der Waals surface area contributed by atoms with Gasteiger partial charge in [0, 0.05) is 13.5 Å². The smallest absolute Gasteiger partial charge is 0.146 e. The SMILES string of the molecule is CCCCCCCCCCCCC[C@@H](O)C[C@H](O)COCOC. The standard InChI is InChI=1S/C19H40O4/c1-3-4-5-6-7-8-9-10-11-12-13-14-18(20)15-19(21)16-23-17-22-2/h18-21H,3-17H2,1-2H3/t18-,19+/m1/s1. The minimum Gasteiger partial charge on any atom is -0.393 e. The summed E-state index contributed by atoms with van der Waals surface area (Å²) < 4.78 is 9.82. The normalized spacial score (nSPS) is 14.1. The molecule has 0 bridgehead atoms. The van der Waals surface area contributed by atoms with Crippen LogP contribution < -0.4 is 0 Å². The van der Waals surface area contributed by atoms with Gasteiger partial charge in [0.1, 0.15) is 6.79 Å². The monoisotopic (exact) mass is 332 g/mol. The Hall–Kier alpha value is -0.160. The Balaban J connectivity index is 3.24. The highest BCUT2D eigenvalue weighted by molar-refractivity contribution is 4.63. The van der Waals surface area contributed by atoms with Gasteiger partial charge in [0.2, 0.25) is 0 Å². The van der Waals surface area contributed by atoms with Crippen LogP contribution in [0.4, 0.5) is 0 Å². The van der Waals surface area contributed by atoms with Crippen molar-refractivity contribution in [2.75, 3.05) is 20.5 Å². The van der Waals surface area contributed by atoms with Crippen LogP contribution in [0.1, 0.15) is 90.4 Å². The van der Waals surface area contributed by atoms with Crippen molar-refractivity contribution in [3.05, 3.63) is 0 Å². The molecule has 2 atom stereocenters. The zero-order chi connectivity index (χ0) is 17.2. The molecule has 0 unspecified atom stereocenters. The average Bonchev–Trinajstić information content (AvgIpc) is 2.52. The van der Waals surface area contributed by atoms with Crippen molar-refractivity contribution >= 4 is 0 Å². The number of hydrogen-bond donors (Lipinski definition) is 2. The number of hydrogen-bond acceptors (Lipinski definition) is 4. The summed E-state index contributed by atoms with van der Waals surface area (Å²) in [7, 11) is 1.55. The fraction of sp³-hybridized carbons (Fsp3) is 1.00. The fourth-order valence-electron chi connectivity index (χ4n) is 2.81. The van der Waals surface area contributed by atoms with Crippen LogP contribution in [-0.4, -0.2) is 42.9 Å². The first-order valence-corrected chi connectivity index (χ1v) is 9.63. The zero-order valence-electron chi connectivity index (χ0n) is 15.5. The molecule has 2 N–H and O–H groups in total. The minimum atomic E-state index is -0.604. The number of ether oxygens (including phenoxy) is 2. The topological polar surface area (TPSA) is 58.9 Å². The molecule has 0 aliphatic carbocycles. The molecule has 140 valence electrons. The number of unbranched alkanes of at least 4 members (excludes halogenated alkanes) is 10. The van der Waals surface area contributed by atoms with E-state index in [2.05, 4.69) is 6.92 Å². The quantitative estimate of drug-likeness (QED) is 0.288. The van der Waals surface area contributed by atoms with Gasteiger partial charge in [-0.15, -0.1) is 0 Å². The largest absolute Gasteiger partial charge is 0.393 e. The van der Waals surface area contributed by atoms with E-state index in [1.54, 1.807) is 7.11 Å². The molecule has 0 fully saturated rings. The summed E-state index contributed by atoms with van der Waals surface area (Å²) in [4.78, 5) is 0. The molecule has 0 heterocycles. The molecular formula is C19H40O4. The van der Waals surface area contributed by atoms with E-state index < -0.39 is 12.2 Å². The van der Waals surface area contributed by atoms with Gasteiger partial charge in [-0.1, -0.05) is 77.6 Å². The second-order valence-corrected chi connectivity index (χ2v) is 6.64. The Morgan fingerprint density at radius 3 is 1.78 bits per heavy atom. The molecule has 0 aromatic rings. The molecule has 4 heteroatoms. The van der Waals surface area contributed by atoms with Crippen LogP contribution in [0.2, 0.25) is 0 Å². The van der Waals surface area contributed by atoms with Gasteiger partial charge in [0.25, 0.3) is 0 Å². The Morgan fingerprint density at radius 2 is 1.26 bits per heavy atom. The van der Waals surface area contributed by atoms with Crippen molar-refractivity contribution in [2.45, 2.75) is 103 Å². The van der Waals surface area contributed by atoms with Crippen LogP contribution in [0.15, 0.2) is 0 Å². The summed E-state index contributed by atoms with van der Waals surface area (Å²) in [6.07, 6.45) is 14.6. The van der Waals surface area contributed by atoms with Crippen LogP contribution in [0, 0.1) is 0 Å². The summed E-state index contributed by atoms with van der Waals surface area (Å²) in [6, 6.07) is 0. The Labute approximate surface area is 143 Å². The van der Waals surface area contributed by atoms with Crippen LogP contribution >= 0.6 is 0 Å². The second kappa shape index (κ2) is 18.2. The van der Waals surface area contributed by atoms with Crippen LogP contribution in [0.25, 0.3) is 0 Å². The number of aliphatic hydroxyl groups excluding tert-OH is 2. The van der Waals surface area contributed by atoms with Crippen molar-refractivity contribution in [3.8, 4) is 0 Å². The van der Waals surface area contributed by atoms with E-state index in [4.69, 9.17) is 9.47 Å². The predicted molar refractivity (Wildman–Crippen MR) is 95.5 cm³/mol. The van der Waals surface area contributed by atoms with Gasteiger partial charge in [0.05, 0.1) is 18.8 Å². The van der Waals surface area contributed by atoms with Gasteiger partial charge >= 0.3 is 0 Å². The van der Waals surface area contributed by atoms with E-state index in [0.29, 0.717) is 6.42 Å². The summed E-state index contributed by atoms with van der Waals surface area (Å²) in [5.41, 5.74) is 0. The van der Waals surface area contributed by atoms with Gasteiger partial charge < -0.3 is 19.7 Å². The third kappa shape index (κ3) is 18.0. The van der Waals surface area contributed by atoms with Crippen LogP contribution in [-0.2, 0) is 9.47 Å². The lowest BCUT2D eigenvalue weighted by atomic mass is 10.0. The third-order valence-electron chi connectivity index (χ3n) is 4.20. The Morgan fingerprint density at radius 1 is 0.739 bits per heavy atom. The molecule has 0 aliphatic heterocycles. The van der Waals surface area contributed by atoms with Crippen molar-refractivity contribution in [1.82, 2.24) is 0 Å². The van der Waals surface area contributed by atoms with Crippen molar-refractivity contribution < 1.29 is 19.7 Å². The molecule has 0 saturated heterocycles. The molecule has 0 aliphatic rings. The van der Waals surface area contributed by atoms with Gasteiger partial charge in [-0.3, -0.25) is 0 Å². The summed E-state index contributed by atoms with van der Waals surface area (Å²) in [5.74, 6) is 0. The minimum absolute atomic E-state index is 0.186. The van der Waals surface area contributed by atoms with Crippen LogP contribution in [0.5, 0.6) is 0 Å². The van der Waals surface area contributed by atoms with Gasteiger partial charge in [-0.2, -0.15) is 0 Å². The van der Waals surface area contributed by atoms with Gasteiger partial charge in [-0.25, -0.2) is 0 Å². The van der Waals surface area contributed by atoms with Crippen molar-refractivity contribution in [2.24, 2.45) is 0 Å². The van der Waals surface area contributed by atoms with E-state index in [1.165, 1.54) is 64.2 Å². The Bertz CT molecular complexity index is 223. The van der Waals surface area contributed by atoms with Crippen molar-refractivity contribution in [3.63, 3.8) is 0 Å². The maximum atomic E-state index is 9.87. The molecule has 0 saturated carbocycles. The molecule has 0 aromatic heterocycles. The fourth-order valence-corrected chi connectivity index (χ4v) is 2.81. The third-order valence-corrected chi connectivity index (χ3v) is 4.20. The van der Waals surface area contributed by atoms with E-state index in [1.807, 2.05) is 0 Å². The maximum Gasteiger partial charge on any atom is 0.146 e. The lowest BCUT2D eigenvalue weighted by Crippen LogP contribution is -2.22. The van der Waals surface area contributed by atoms with Gasteiger partial charge in [0.15, 0.2) is 0 Å². The molecule has 0 radical (unpaired) electrons. The highest BCUT2D eigenvalue weighted by Gasteiger charge is 2.11. The van der Waals surface area contributed by atoms with Gasteiger partial charge in [-0.05, 0) is 6.42 Å². The first-order valence-electron chi connectivity index (χ1n) is 9.63. The molecule has 0 spiro atoms. The summed E-state index contributed by atoms with van der Waals surface area (Å²) in [6.45, 7) is 2.67. The first kappa shape index (κ1) is 22.8. The number of rotatable bonds is 18. The van der Waals surface area contributed by atoms with E-state index >= 15 is 0 Å². The summed E-state index contributed by atoms with van der Waals surface area (Å²) >= 11 is 0. The Kier molecular flexibility index (Phi) is 18.1. The van der Waals surface area contributed by atoms with E-state index in [9.17, 15) is 10.2 Å². The average molecular weight is 333 g/mol. The maximum absolute atomic E-state index is 9.87. The highest BCUT2D eigenvalue weighted by atomic mass is 16.7. The highest BCUT2D eigenvalue weighted by Crippen LogP contribution is 2.13. The molecule has 23 heavy (non-hydrogen) atoms. The van der Waals surface area contributed by atoms with E-state index in [0.717, 1.165) is 12.8 Å².